The van der Waals surface area contributed by atoms with Crippen molar-refractivity contribution in [2.45, 2.75) is 28.0 Å². The van der Waals surface area contributed by atoms with E-state index in [1.54, 1.807) is 11.1 Å². The summed E-state index contributed by atoms with van der Waals surface area (Å²) >= 11 is 14.4. The van der Waals surface area contributed by atoms with E-state index in [0.717, 1.165) is 0 Å². The Morgan fingerprint density at radius 2 is 0.595 bits per heavy atom. The SMILES string of the molecule is ClC(Cl)Cl.c1ccc2c(c1)C1c3ccccc3C2c2c1ccc1ccc3c(c21)C1c2ccccc2C3c2ccccc21. The van der Waals surface area contributed by atoms with Crippen molar-refractivity contribution in [3.63, 3.8) is 0 Å². The molecular weight excluding hydrogens is 575 g/mol. The Morgan fingerprint density at radius 3 is 0.881 bits per heavy atom. The third-order valence-corrected chi connectivity index (χ3v) is 10.0. The average Bonchev–Trinajstić information content (AvgIpc) is 3.03. The minimum Gasteiger partial charge on any atom is -0.0874 e. The van der Waals surface area contributed by atoms with E-state index in [2.05, 4.69) is 121 Å². The molecule has 0 saturated carbocycles. The van der Waals surface area contributed by atoms with Gasteiger partial charge in [0.2, 0.25) is 0 Å². The molecule has 0 atom stereocenters. The van der Waals surface area contributed by atoms with E-state index in [9.17, 15) is 0 Å². The van der Waals surface area contributed by atoms with Crippen molar-refractivity contribution in [2.24, 2.45) is 0 Å². The fraction of sp³-hybridized carbons (Fsp3) is 0.128. The van der Waals surface area contributed by atoms with Crippen LogP contribution in [0.2, 0.25) is 0 Å². The van der Waals surface area contributed by atoms with E-state index >= 15 is 0 Å². The molecule has 0 saturated heterocycles. The van der Waals surface area contributed by atoms with E-state index < -0.39 is 4.30 Å². The number of hydrogen-bond donors (Lipinski definition) is 0. The second-order valence-corrected chi connectivity index (χ2v) is 13.7. The number of alkyl halides is 3. The molecule has 0 spiro atoms. The highest BCUT2D eigenvalue weighted by Crippen LogP contribution is 2.61. The average molecular weight is 600 g/mol. The Labute approximate surface area is 260 Å². The van der Waals surface area contributed by atoms with Crippen molar-refractivity contribution in [3.05, 3.63) is 188 Å². The smallest absolute Gasteiger partial charge is 0.0874 e. The van der Waals surface area contributed by atoms with Crippen LogP contribution >= 0.6 is 34.8 Å². The Hall–Kier alpha value is -3.55. The number of benzene rings is 6. The van der Waals surface area contributed by atoms with Crippen LogP contribution in [0.4, 0.5) is 0 Å². The van der Waals surface area contributed by atoms with Gasteiger partial charge in [-0.2, -0.15) is 0 Å². The van der Waals surface area contributed by atoms with Gasteiger partial charge in [0.1, 0.15) is 0 Å². The minimum atomic E-state index is -0.750. The molecule has 0 nitrogen and oxygen atoms in total. The van der Waals surface area contributed by atoms with E-state index in [0.29, 0.717) is 11.8 Å². The number of fused-ring (bicyclic) bond motifs is 1. The molecule has 42 heavy (non-hydrogen) atoms. The molecule has 3 heteroatoms. The Bertz CT molecular complexity index is 1830. The van der Waals surface area contributed by atoms with Gasteiger partial charge in [-0.15, -0.1) is 0 Å². The van der Waals surface area contributed by atoms with Gasteiger partial charge in [-0.05, 0) is 77.5 Å². The monoisotopic (exact) mass is 598 g/mol. The molecule has 0 fully saturated rings. The van der Waals surface area contributed by atoms with Gasteiger partial charge < -0.3 is 0 Å². The summed E-state index contributed by atoms with van der Waals surface area (Å²) in [6.45, 7) is 0. The van der Waals surface area contributed by atoms with Gasteiger partial charge in [0.05, 0.1) is 0 Å². The lowest BCUT2D eigenvalue weighted by molar-refractivity contribution is 0.745. The molecule has 4 bridgehead atoms. The van der Waals surface area contributed by atoms with E-state index in [4.69, 9.17) is 34.8 Å². The van der Waals surface area contributed by atoms with Crippen molar-refractivity contribution in [2.75, 3.05) is 0 Å². The maximum atomic E-state index is 4.81. The Balaban J connectivity index is 0.000000591. The number of rotatable bonds is 0. The van der Waals surface area contributed by atoms with Gasteiger partial charge in [0, 0.05) is 23.7 Å². The molecule has 0 heterocycles. The summed E-state index contributed by atoms with van der Waals surface area (Å²) in [6.07, 6.45) is 0. The molecule has 6 aromatic carbocycles. The Morgan fingerprint density at radius 1 is 0.333 bits per heavy atom. The van der Waals surface area contributed by atoms with Gasteiger partial charge >= 0.3 is 0 Å². The van der Waals surface area contributed by atoms with Crippen LogP contribution < -0.4 is 0 Å². The maximum absolute atomic E-state index is 4.81. The predicted molar refractivity (Wildman–Crippen MR) is 175 cm³/mol. The van der Waals surface area contributed by atoms with Gasteiger partial charge in [0.25, 0.3) is 0 Å². The van der Waals surface area contributed by atoms with Crippen LogP contribution in [0.1, 0.15) is 90.4 Å². The van der Waals surface area contributed by atoms with Crippen molar-refractivity contribution in [3.8, 4) is 0 Å². The van der Waals surface area contributed by atoms with Crippen LogP contribution in [-0.2, 0) is 0 Å². The van der Waals surface area contributed by atoms with Crippen molar-refractivity contribution in [1.29, 1.82) is 0 Å². The third-order valence-electron chi connectivity index (χ3n) is 10.0. The molecule has 0 N–H and O–H groups in total. The fourth-order valence-corrected chi connectivity index (χ4v) is 8.74. The first-order valence-corrected chi connectivity index (χ1v) is 15.8. The van der Waals surface area contributed by atoms with E-state index in [1.165, 1.54) is 66.4 Å². The molecule has 12 rings (SSSR count). The summed E-state index contributed by atoms with van der Waals surface area (Å²) in [5.74, 6) is 1.18. The summed E-state index contributed by atoms with van der Waals surface area (Å²) in [5, 5.41) is 2.89. The number of halogens is 3. The van der Waals surface area contributed by atoms with Gasteiger partial charge in [0.15, 0.2) is 4.30 Å². The normalized spacial score (nSPS) is 21.0. The van der Waals surface area contributed by atoms with Crippen LogP contribution in [0.25, 0.3) is 10.8 Å². The molecule has 0 unspecified atom stereocenters. The van der Waals surface area contributed by atoms with Crippen molar-refractivity contribution >= 4 is 45.6 Å². The largest absolute Gasteiger partial charge is 0.180 e. The van der Waals surface area contributed by atoms with Crippen LogP contribution in [-0.4, -0.2) is 4.30 Å². The third kappa shape index (κ3) is 3.26. The topological polar surface area (TPSA) is 0 Å². The zero-order valence-corrected chi connectivity index (χ0v) is 24.8. The first-order valence-electron chi connectivity index (χ1n) is 14.5. The van der Waals surface area contributed by atoms with E-state index in [1.807, 2.05) is 0 Å². The summed E-state index contributed by atoms with van der Waals surface area (Å²) in [6, 6.07) is 46.5. The second kappa shape index (κ2) is 9.22. The molecular formula is C39H25Cl3. The molecule has 202 valence electrons. The second-order valence-electron chi connectivity index (χ2n) is 11.7. The van der Waals surface area contributed by atoms with Gasteiger partial charge in [-0.3, -0.25) is 0 Å². The fourth-order valence-electron chi connectivity index (χ4n) is 8.74. The van der Waals surface area contributed by atoms with Crippen LogP contribution in [0.3, 0.4) is 0 Å². The zero-order valence-electron chi connectivity index (χ0n) is 22.6. The van der Waals surface area contributed by atoms with Gasteiger partial charge in [-0.1, -0.05) is 156 Å². The minimum absolute atomic E-state index is 0.281. The molecule has 6 aromatic rings. The first-order chi connectivity index (χ1) is 20.6. The highest BCUT2D eigenvalue weighted by molar-refractivity contribution is 6.63. The van der Waals surface area contributed by atoms with Crippen LogP contribution in [0.15, 0.2) is 121 Å². The highest BCUT2D eigenvalue weighted by Gasteiger charge is 2.46. The molecule has 0 radical (unpaired) electrons. The summed E-state index contributed by atoms with van der Waals surface area (Å²) in [7, 11) is 0. The molecule has 0 amide bonds. The summed E-state index contributed by atoms with van der Waals surface area (Å²) in [4.78, 5) is 0. The zero-order chi connectivity index (χ0) is 28.1. The van der Waals surface area contributed by atoms with Crippen molar-refractivity contribution < 1.29 is 0 Å². The molecule has 6 aliphatic carbocycles. The van der Waals surface area contributed by atoms with Crippen LogP contribution in [0.5, 0.6) is 0 Å². The summed E-state index contributed by atoms with van der Waals surface area (Å²) < 4.78 is -0.750. The van der Waals surface area contributed by atoms with Crippen molar-refractivity contribution in [1.82, 2.24) is 0 Å². The molecule has 0 aromatic heterocycles. The number of hydrogen-bond acceptors (Lipinski definition) is 0. The first kappa shape index (κ1) is 25.0. The molecule has 6 aliphatic rings. The highest BCUT2D eigenvalue weighted by atomic mass is 35.6. The standard InChI is InChI=1S/C38H24.CHCl3/c1-5-13-26-22(9-1)33-23-10-2-6-14-27(23)35(26)37-30(33)19-17-21-18-20-31-34-24-11-3-7-15-28(24)36(38(31)32(21)37)29-16-8-4-12-25(29)34;2-1(3)4/h1-20,33-36H;1H. The Kier molecular flexibility index (Phi) is 5.49. The quantitative estimate of drug-likeness (QED) is 0.152. The predicted octanol–water partition coefficient (Wildman–Crippen LogP) is 10.8. The molecule has 0 aliphatic heterocycles. The van der Waals surface area contributed by atoms with Gasteiger partial charge in [-0.25, -0.2) is 0 Å². The lowest BCUT2D eigenvalue weighted by Crippen LogP contribution is -2.30. The summed E-state index contributed by atoms with van der Waals surface area (Å²) in [5.41, 5.74) is 18.1. The van der Waals surface area contributed by atoms with E-state index in [-0.39, 0.29) is 11.8 Å². The van der Waals surface area contributed by atoms with Crippen LogP contribution in [0, 0.1) is 0 Å². The lowest BCUT2D eigenvalue weighted by atomic mass is 9.57. The lowest BCUT2D eigenvalue weighted by Gasteiger charge is -2.46. The maximum Gasteiger partial charge on any atom is 0.180 e.